The molecule has 0 radical (unpaired) electrons. The van der Waals surface area contributed by atoms with Crippen LogP contribution in [0.5, 0.6) is 11.6 Å². The van der Waals surface area contributed by atoms with Crippen molar-refractivity contribution in [3.05, 3.63) is 101 Å². The van der Waals surface area contributed by atoms with E-state index in [1.165, 1.54) is 6.33 Å². The maximum Gasteiger partial charge on any atom is 0.255 e. The maximum absolute atomic E-state index is 12.6. The van der Waals surface area contributed by atoms with Crippen LogP contribution in [-0.4, -0.2) is 15.9 Å². The molecule has 0 saturated heterocycles. The topological polar surface area (TPSA) is 64.1 Å². The lowest BCUT2D eigenvalue weighted by atomic mass is 10.1. The lowest BCUT2D eigenvalue weighted by Crippen LogP contribution is -2.11. The highest BCUT2D eigenvalue weighted by Gasteiger charge is 2.10. The molecule has 1 N–H and O–H groups in total. The van der Waals surface area contributed by atoms with Gasteiger partial charge in [-0.2, -0.15) is 0 Å². The van der Waals surface area contributed by atoms with Crippen molar-refractivity contribution in [3.8, 4) is 22.9 Å². The Bertz CT molecular complexity index is 1130. The number of nitrogens with one attached hydrogen (secondary N) is 1. The van der Waals surface area contributed by atoms with Crippen molar-refractivity contribution in [3.63, 3.8) is 0 Å². The number of rotatable bonds is 5. The van der Waals surface area contributed by atoms with Gasteiger partial charge in [0.15, 0.2) is 0 Å². The van der Waals surface area contributed by atoms with Crippen LogP contribution in [0.1, 0.15) is 10.4 Å². The van der Waals surface area contributed by atoms with Crippen molar-refractivity contribution in [2.45, 2.75) is 0 Å². The van der Waals surface area contributed by atoms with Gasteiger partial charge in [0.2, 0.25) is 5.88 Å². The first-order valence-electron chi connectivity index (χ1n) is 8.90. The van der Waals surface area contributed by atoms with E-state index < -0.39 is 0 Å². The van der Waals surface area contributed by atoms with Crippen molar-refractivity contribution in [2.75, 3.05) is 5.32 Å². The van der Waals surface area contributed by atoms with Crippen molar-refractivity contribution in [2.24, 2.45) is 0 Å². The number of hydrogen-bond donors (Lipinski definition) is 1. The number of nitrogens with zero attached hydrogens (tertiary/aromatic N) is 2. The van der Waals surface area contributed by atoms with Gasteiger partial charge in [0.05, 0.1) is 5.69 Å². The molecule has 29 heavy (non-hydrogen) atoms. The highest BCUT2D eigenvalue weighted by molar-refractivity contribution is 9.10. The third-order valence-corrected chi connectivity index (χ3v) is 4.66. The van der Waals surface area contributed by atoms with Gasteiger partial charge in [0.1, 0.15) is 12.1 Å². The summed E-state index contributed by atoms with van der Waals surface area (Å²) in [6.07, 6.45) is 1.45. The van der Waals surface area contributed by atoms with E-state index >= 15 is 0 Å². The van der Waals surface area contributed by atoms with Crippen molar-refractivity contribution >= 4 is 27.5 Å². The second-order valence-corrected chi connectivity index (χ2v) is 7.11. The highest BCUT2D eigenvalue weighted by atomic mass is 79.9. The number of halogens is 1. The van der Waals surface area contributed by atoms with E-state index in [1.54, 1.807) is 18.2 Å². The van der Waals surface area contributed by atoms with E-state index in [9.17, 15) is 4.79 Å². The van der Waals surface area contributed by atoms with E-state index in [4.69, 9.17) is 4.74 Å². The second-order valence-electron chi connectivity index (χ2n) is 6.20. The van der Waals surface area contributed by atoms with Gasteiger partial charge in [-0.15, -0.1) is 0 Å². The molecule has 1 aromatic heterocycles. The lowest BCUT2D eigenvalue weighted by molar-refractivity contribution is 0.102. The summed E-state index contributed by atoms with van der Waals surface area (Å²) in [5.41, 5.74) is 2.73. The number of aromatic nitrogens is 2. The molecule has 4 aromatic rings. The molecule has 3 aromatic carbocycles. The van der Waals surface area contributed by atoms with Crippen LogP contribution in [0, 0.1) is 0 Å². The number of carbonyl (C=O) groups excluding carboxylic acids is 1. The Morgan fingerprint density at radius 1 is 0.862 bits per heavy atom. The minimum atomic E-state index is -0.191. The van der Waals surface area contributed by atoms with Crippen molar-refractivity contribution < 1.29 is 9.53 Å². The molecule has 0 bridgehead atoms. The van der Waals surface area contributed by atoms with E-state index in [0.29, 0.717) is 22.9 Å². The summed E-state index contributed by atoms with van der Waals surface area (Å²) in [7, 11) is 0. The van der Waals surface area contributed by atoms with Crippen molar-refractivity contribution in [1.82, 2.24) is 9.97 Å². The minimum absolute atomic E-state index is 0.191. The molecule has 1 heterocycles. The fourth-order valence-electron chi connectivity index (χ4n) is 2.72. The molecular formula is C23H16BrN3O2. The summed E-state index contributed by atoms with van der Waals surface area (Å²) >= 11 is 3.38. The summed E-state index contributed by atoms with van der Waals surface area (Å²) in [5, 5.41) is 2.89. The van der Waals surface area contributed by atoms with E-state index in [0.717, 1.165) is 15.7 Å². The first kappa shape index (κ1) is 18.8. The zero-order valence-corrected chi connectivity index (χ0v) is 16.8. The quantitative estimate of drug-likeness (QED) is 0.412. The first-order valence-corrected chi connectivity index (χ1v) is 9.69. The van der Waals surface area contributed by atoms with Crippen LogP contribution in [0.15, 0.2) is 95.7 Å². The van der Waals surface area contributed by atoms with Crippen LogP contribution < -0.4 is 10.1 Å². The largest absolute Gasteiger partial charge is 0.439 e. The standard InChI is InChI=1S/C23H16BrN3O2/c24-18-9-11-19(12-10-18)27-23(28)17-6-4-5-16(13-17)21-14-22(26-15-25-21)29-20-7-2-1-3-8-20/h1-15H,(H,27,28). The maximum atomic E-state index is 12.6. The van der Waals surface area contributed by atoms with Crippen molar-refractivity contribution in [1.29, 1.82) is 0 Å². The fourth-order valence-corrected chi connectivity index (χ4v) is 2.98. The molecule has 6 heteroatoms. The molecule has 5 nitrogen and oxygen atoms in total. The summed E-state index contributed by atoms with van der Waals surface area (Å²) in [6, 6.07) is 25.9. The Morgan fingerprint density at radius 2 is 1.66 bits per heavy atom. The number of carbonyl (C=O) groups is 1. The first-order chi connectivity index (χ1) is 14.2. The van der Waals surface area contributed by atoms with Crippen LogP contribution in [0.4, 0.5) is 5.69 Å². The molecule has 0 unspecified atom stereocenters. The van der Waals surface area contributed by atoms with Gasteiger partial charge in [-0.05, 0) is 48.5 Å². The zero-order chi connectivity index (χ0) is 20.1. The third kappa shape index (κ3) is 4.86. The Morgan fingerprint density at radius 3 is 2.45 bits per heavy atom. The molecule has 0 atom stereocenters. The van der Waals surface area contributed by atoms with Gasteiger partial charge in [-0.1, -0.05) is 46.3 Å². The Labute approximate surface area is 176 Å². The molecule has 0 saturated carbocycles. The average molecular weight is 446 g/mol. The second kappa shape index (κ2) is 8.67. The molecule has 0 spiro atoms. The Kier molecular flexibility index (Phi) is 5.63. The molecule has 142 valence electrons. The van der Waals surface area contributed by atoms with Crippen LogP contribution in [-0.2, 0) is 0 Å². The van der Waals surface area contributed by atoms with Gasteiger partial charge in [0.25, 0.3) is 5.91 Å². The molecule has 1 amide bonds. The normalized spacial score (nSPS) is 10.4. The molecule has 0 aliphatic rings. The van der Waals surface area contributed by atoms with Gasteiger partial charge in [-0.25, -0.2) is 9.97 Å². The zero-order valence-electron chi connectivity index (χ0n) is 15.2. The number of amides is 1. The third-order valence-electron chi connectivity index (χ3n) is 4.13. The van der Waals surface area contributed by atoms with Gasteiger partial charge < -0.3 is 10.1 Å². The lowest BCUT2D eigenvalue weighted by Gasteiger charge is -2.08. The van der Waals surface area contributed by atoms with Crippen LogP contribution in [0.25, 0.3) is 11.3 Å². The number of para-hydroxylation sites is 1. The monoisotopic (exact) mass is 445 g/mol. The van der Waals surface area contributed by atoms with Gasteiger partial charge >= 0.3 is 0 Å². The highest BCUT2D eigenvalue weighted by Crippen LogP contribution is 2.24. The molecular weight excluding hydrogens is 430 g/mol. The predicted octanol–water partition coefficient (Wildman–Crippen LogP) is 5.95. The summed E-state index contributed by atoms with van der Waals surface area (Å²) in [6.45, 7) is 0. The van der Waals surface area contributed by atoms with Crippen LogP contribution in [0.3, 0.4) is 0 Å². The van der Waals surface area contributed by atoms with Gasteiger partial charge in [0, 0.05) is 27.4 Å². The number of anilines is 1. The summed E-state index contributed by atoms with van der Waals surface area (Å²) in [5.74, 6) is 0.940. The minimum Gasteiger partial charge on any atom is -0.439 e. The van der Waals surface area contributed by atoms with E-state index in [1.807, 2.05) is 66.7 Å². The van der Waals surface area contributed by atoms with Gasteiger partial charge in [-0.3, -0.25) is 4.79 Å². The Balaban J connectivity index is 1.54. The molecule has 0 fully saturated rings. The van der Waals surface area contributed by atoms with E-state index in [2.05, 4.69) is 31.2 Å². The number of benzene rings is 3. The predicted molar refractivity (Wildman–Crippen MR) is 116 cm³/mol. The Hall–Kier alpha value is -3.51. The molecule has 0 aliphatic carbocycles. The smallest absolute Gasteiger partial charge is 0.255 e. The average Bonchev–Trinajstić information content (AvgIpc) is 2.76. The van der Waals surface area contributed by atoms with Crippen LogP contribution in [0.2, 0.25) is 0 Å². The van der Waals surface area contributed by atoms with Crippen LogP contribution >= 0.6 is 15.9 Å². The molecule has 0 aliphatic heterocycles. The number of hydrogen-bond acceptors (Lipinski definition) is 4. The van der Waals surface area contributed by atoms with E-state index in [-0.39, 0.29) is 5.91 Å². The summed E-state index contributed by atoms with van der Waals surface area (Å²) < 4.78 is 6.73. The SMILES string of the molecule is O=C(Nc1ccc(Br)cc1)c1cccc(-c2cc(Oc3ccccc3)ncn2)c1. The number of ether oxygens (including phenoxy) is 1. The fraction of sp³-hybridized carbons (Fsp3) is 0. The molecule has 4 rings (SSSR count). The summed E-state index contributed by atoms with van der Waals surface area (Å²) in [4.78, 5) is 21.1.